The van der Waals surface area contributed by atoms with Gasteiger partial charge in [0, 0.05) is 29.4 Å². The molecule has 1 aliphatic heterocycles. The van der Waals surface area contributed by atoms with Gasteiger partial charge in [0.1, 0.15) is 12.7 Å². The van der Waals surface area contributed by atoms with Crippen LogP contribution < -0.4 is 0 Å². The van der Waals surface area contributed by atoms with Crippen molar-refractivity contribution in [1.82, 2.24) is 19.7 Å². The Balaban J connectivity index is 1.29. The van der Waals surface area contributed by atoms with E-state index in [4.69, 9.17) is 11.6 Å². The van der Waals surface area contributed by atoms with Gasteiger partial charge in [-0.05, 0) is 72.9 Å². The van der Waals surface area contributed by atoms with E-state index in [9.17, 15) is 4.79 Å². The summed E-state index contributed by atoms with van der Waals surface area (Å²) < 4.78 is 1.82. The van der Waals surface area contributed by atoms with Crippen molar-refractivity contribution in [3.8, 4) is 5.69 Å². The number of benzene rings is 2. The SMILES string of the molecule is O=C(c1cccc(-n2cnnc2)c1)N1C[C@H]2CC[C@H](Cc3cccc(Cl)c3)[C@H]2C1. The van der Waals surface area contributed by atoms with Crippen LogP contribution in [0.4, 0.5) is 0 Å². The Morgan fingerprint density at radius 2 is 1.86 bits per heavy atom. The number of amides is 1. The molecule has 3 atom stereocenters. The lowest BCUT2D eigenvalue weighted by atomic mass is 9.87. The van der Waals surface area contributed by atoms with Crippen LogP contribution in [0.1, 0.15) is 28.8 Å². The Morgan fingerprint density at radius 1 is 1.03 bits per heavy atom. The van der Waals surface area contributed by atoms with Crippen molar-refractivity contribution in [2.24, 2.45) is 17.8 Å². The molecule has 0 N–H and O–H groups in total. The zero-order valence-corrected chi connectivity index (χ0v) is 16.9. The van der Waals surface area contributed by atoms with Crippen molar-refractivity contribution in [2.45, 2.75) is 19.3 Å². The number of hydrogen-bond donors (Lipinski definition) is 0. The molecule has 148 valence electrons. The summed E-state index contributed by atoms with van der Waals surface area (Å²) in [7, 11) is 0. The van der Waals surface area contributed by atoms with Gasteiger partial charge in [0.05, 0.1) is 0 Å². The third kappa shape index (κ3) is 3.67. The fourth-order valence-electron chi connectivity index (χ4n) is 5.08. The molecule has 0 spiro atoms. The zero-order valence-electron chi connectivity index (χ0n) is 16.1. The third-order valence-corrected chi connectivity index (χ3v) is 6.72. The van der Waals surface area contributed by atoms with Crippen molar-refractivity contribution in [3.63, 3.8) is 0 Å². The lowest BCUT2D eigenvalue weighted by Crippen LogP contribution is -2.30. The Hall–Kier alpha value is -2.66. The highest BCUT2D eigenvalue weighted by molar-refractivity contribution is 6.30. The smallest absolute Gasteiger partial charge is 0.253 e. The molecule has 6 heteroatoms. The standard InChI is InChI=1S/C23H23ClN4O/c24-20-5-1-3-16(10-20)9-17-7-8-19-12-27(13-22(17)19)23(29)18-4-2-6-21(11-18)28-14-25-26-15-28/h1-6,10-11,14-15,17,19,22H,7-9,12-13H2/t17-,19-,22-/m1/s1. The van der Waals surface area contributed by atoms with Crippen LogP contribution in [0.2, 0.25) is 5.02 Å². The molecule has 29 heavy (non-hydrogen) atoms. The first-order valence-corrected chi connectivity index (χ1v) is 10.5. The first-order valence-electron chi connectivity index (χ1n) is 10.2. The normalized spacial score (nSPS) is 23.3. The molecule has 1 saturated heterocycles. The molecule has 2 aliphatic rings. The topological polar surface area (TPSA) is 51.0 Å². The molecule has 0 bridgehead atoms. The number of aromatic nitrogens is 3. The minimum absolute atomic E-state index is 0.121. The van der Waals surface area contributed by atoms with Gasteiger partial charge in [-0.2, -0.15) is 0 Å². The van der Waals surface area contributed by atoms with E-state index in [-0.39, 0.29) is 5.91 Å². The second kappa shape index (κ2) is 7.64. The van der Waals surface area contributed by atoms with E-state index in [1.807, 2.05) is 45.9 Å². The van der Waals surface area contributed by atoms with Crippen LogP contribution in [-0.4, -0.2) is 38.7 Å². The van der Waals surface area contributed by atoms with E-state index in [0.717, 1.165) is 35.8 Å². The summed E-state index contributed by atoms with van der Waals surface area (Å²) in [6.07, 6.45) is 6.79. The second-order valence-electron chi connectivity index (χ2n) is 8.23. The molecule has 3 aromatic rings. The van der Waals surface area contributed by atoms with E-state index >= 15 is 0 Å². The predicted molar refractivity (Wildman–Crippen MR) is 112 cm³/mol. The Morgan fingerprint density at radius 3 is 2.69 bits per heavy atom. The van der Waals surface area contributed by atoms with Gasteiger partial charge in [-0.1, -0.05) is 29.8 Å². The van der Waals surface area contributed by atoms with Crippen molar-refractivity contribution in [1.29, 1.82) is 0 Å². The molecule has 0 radical (unpaired) electrons. The minimum Gasteiger partial charge on any atom is -0.338 e. The number of halogens is 1. The molecule has 5 nitrogen and oxygen atoms in total. The number of carbonyl (C=O) groups excluding carboxylic acids is 1. The highest BCUT2D eigenvalue weighted by atomic mass is 35.5. The molecule has 0 unspecified atom stereocenters. The first-order chi connectivity index (χ1) is 14.2. The summed E-state index contributed by atoms with van der Waals surface area (Å²) in [6, 6.07) is 15.9. The zero-order chi connectivity index (χ0) is 19.8. The van der Waals surface area contributed by atoms with E-state index in [1.165, 1.54) is 18.4 Å². The number of carbonyl (C=O) groups is 1. The van der Waals surface area contributed by atoms with Crippen LogP contribution in [-0.2, 0) is 6.42 Å². The maximum Gasteiger partial charge on any atom is 0.253 e. The molecule has 2 aromatic carbocycles. The van der Waals surface area contributed by atoms with Gasteiger partial charge in [0.15, 0.2) is 0 Å². The maximum absolute atomic E-state index is 13.2. The fraction of sp³-hybridized carbons (Fsp3) is 0.348. The summed E-state index contributed by atoms with van der Waals surface area (Å²) in [5, 5.41) is 8.49. The number of rotatable bonds is 4. The molecule has 2 heterocycles. The quantitative estimate of drug-likeness (QED) is 0.650. The second-order valence-corrected chi connectivity index (χ2v) is 8.66. The van der Waals surface area contributed by atoms with E-state index in [2.05, 4.69) is 22.3 Å². The molecular formula is C23H23ClN4O. The van der Waals surface area contributed by atoms with Gasteiger partial charge in [-0.3, -0.25) is 9.36 Å². The van der Waals surface area contributed by atoms with E-state index < -0.39 is 0 Å². The summed E-state index contributed by atoms with van der Waals surface area (Å²) in [5.41, 5.74) is 2.93. The highest BCUT2D eigenvalue weighted by Gasteiger charge is 2.43. The summed E-state index contributed by atoms with van der Waals surface area (Å²) in [4.78, 5) is 15.2. The van der Waals surface area contributed by atoms with Crippen LogP contribution in [0.5, 0.6) is 0 Å². The Labute approximate surface area is 175 Å². The van der Waals surface area contributed by atoms with Crippen LogP contribution >= 0.6 is 11.6 Å². The van der Waals surface area contributed by atoms with Crippen molar-refractivity contribution >= 4 is 17.5 Å². The summed E-state index contributed by atoms with van der Waals surface area (Å²) in [6.45, 7) is 1.72. The molecular weight excluding hydrogens is 384 g/mol. The number of nitrogens with zero attached hydrogens (tertiary/aromatic N) is 4. The lowest BCUT2D eigenvalue weighted by Gasteiger charge is -2.21. The first kappa shape index (κ1) is 18.4. The highest BCUT2D eigenvalue weighted by Crippen LogP contribution is 2.44. The van der Waals surface area contributed by atoms with Crippen molar-refractivity contribution < 1.29 is 4.79 Å². The number of hydrogen-bond acceptors (Lipinski definition) is 3. The van der Waals surface area contributed by atoms with E-state index in [1.54, 1.807) is 12.7 Å². The van der Waals surface area contributed by atoms with E-state index in [0.29, 0.717) is 17.8 Å². The van der Waals surface area contributed by atoms with Crippen molar-refractivity contribution in [3.05, 3.63) is 77.3 Å². The van der Waals surface area contributed by atoms with Crippen LogP contribution in [0, 0.1) is 17.8 Å². The van der Waals surface area contributed by atoms with Gasteiger partial charge in [-0.25, -0.2) is 0 Å². The van der Waals surface area contributed by atoms with Gasteiger partial charge < -0.3 is 4.90 Å². The molecule has 1 aliphatic carbocycles. The molecule has 5 rings (SSSR count). The average molecular weight is 407 g/mol. The van der Waals surface area contributed by atoms with Crippen LogP contribution in [0.15, 0.2) is 61.2 Å². The van der Waals surface area contributed by atoms with Crippen LogP contribution in [0.3, 0.4) is 0 Å². The molecule has 1 aromatic heterocycles. The summed E-state index contributed by atoms with van der Waals surface area (Å²) >= 11 is 6.16. The van der Waals surface area contributed by atoms with Gasteiger partial charge in [0.2, 0.25) is 0 Å². The average Bonchev–Trinajstić information content (AvgIpc) is 3.46. The molecule has 1 amide bonds. The largest absolute Gasteiger partial charge is 0.338 e. The van der Waals surface area contributed by atoms with Gasteiger partial charge in [-0.15, -0.1) is 10.2 Å². The fourth-order valence-corrected chi connectivity index (χ4v) is 5.29. The van der Waals surface area contributed by atoms with Crippen LogP contribution in [0.25, 0.3) is 5.69 Å². The minimum atomic E-state index is 0.121. The van der Waals surface area contributed by atoms with Gasteiger partial charge in [0.25, 0.3) is 5.91 Å². The third-order valence-electron chi connectivity index (χ3n) is 6.49. The maximum atomic E-state index is 13.2. The number of likely N-dealkylation sites (tertiary alicyclic amines) is 1. The monoisotopic (exact) mass is 406 g/mol. The Kier molecular flexibility index (Phi) is 4.84. The predicted octanol–water partition coefficient (Wildman–Crippen LogP) is 4.26. The Bertz CT molecular complexity index is 1020. The summed E-state index contributed by atoms with van der Waals surface area (Å²) in [5.74, 6) is 1.94. The van der Waals surface area contributed by atoms with Gasteiger partial charge >= 0.3 is 0 Å². The van der Waals surface area contributed by atoms with Crippen molar-refractivity contribution in [2.75, 3.05) is 13.1 Å². The molecule has 2 fully saturated rings. The molecule has 1 saturated carbocycles. The number of fused-ring (bicyclic) bond motifs is 1. The lowest BCUT2D eigenvalue weighted by molar-refractivity contribution is 0.0776.